The topological polar surface area (TPSA) is 94.6 Å². The Hall–Kier alpha value is -2.20. The van der Waals surface area contributed by atoms with E-state index in [0.717, 1.165) is 51.7 Å². The first-order chi connectivity index (χ1) is 19.0. The minimum Gasteiger partial charge on any atom is -0.490 e. The average Bonchev–Trinajstić information content (AvgIpc) is 2.90. The van der Waals surface area contributed by atoms with Crippen molar-refractivity contribution in [3.63, 3.8) is 0 Å². The molecule has 40 heavy (non-hydrogen) atoms. The molecule has 0 radical (unpaired) electrons. The van der Waals surface area contributed by atoms with Crippen LogP contribution in [0.1, 0.15) is 76.6 Å². The van der Waals surface area contributed by atoms with Crippen molar-refractivity contribution in [3.8, 4) is 5.75 Å². The highest BCUT2D eigenvalue weighted by molar-refractivity contribution is 5.99. The molecule has 0 saturated heterocycles. The lowest BCUT2D eigenvalue weighted by molar-refractivity contribution is -0.116. The highest BCUT2D eigenvalue weighted by atomic mass is 16.5. The van der Waals surface area contributed by atoms with Crippen LogP contribution in [0.15, 0.2) is 18.2 Å². The molecule has 1 aliphatic heterocycles. The molecule has 2 amide bonds. The first-order valence-corrected chi connectivity index (χ1v) is 15.0. The van der Waals surface area contributed by atoms with Crippen molar-refractivity contribution in [2.24, 2.45) is 5.92 Å². The van der Waals surface area contributed by atoms with Gasteiger partial charge in [0, 0.05) is 37.7 Å². The molecule has 0 saturated carbocycles. The van der Waals surface area contributed by atoms with Crippen molar-refractivity contribution in [2.75, 3.05) is 65.9 Å². The van der Waals surface area contributed by atoms with E-state index in [4.69, 9.17) is 9.47 Å². The first kappa shape index (κ1) is 34.0. The van der Waals surface area contributed by atoms with Gasteiger partial charge in [0.15, 0.2) is 0 Å². The molecule has 0 spiro atoms. The van der Waals surface area contributed by atoms with Crippen LogP contribution in [-0.2, 0) is 9.53 Å². The molecule has 228 valence electrons. The molecule has 4 atom stereocenters. The van der Waals surface area contributed by atoms with Gasteiger partial charge >= 0.3 is 0 Å². The highest BCUT2D eigenvalue weighted by Crippen LogP contribution is 2.28. The zero-order chi connectivity index (χ0) is 29.7. The van der Waals surface area contributed by atoms with E-state index in [9.17, 15) is 14.7 Å². The van der Waals surface area contributed by atoms with Gasteiger partial charge in [-0.3, -0.25) is 9.59 Å². The fourth-order valence-corrected chi connectivity index (χ4v) is 5.02. The normalized spacial score (nSPS) is 22.0. The Morgan fingerprint density at radius 3 is 2.62 bits per heavy atom. The number of carbonyl (C=O) groups excluding carboxylic acids is 2. The number of rotatable bonds is 11. The molecule has 1 aromatic rings. The Morgan fingerprint density at radius 1 is 1.20 bits per heavy atom. The lowest BCUT2D eigenvalue weighted by Gasteiger charge is -2.35. The molecule has 2 N–H and O–H groups in total. The molecular weight excluding hydrogens is 508 g/mol. The SMILES string of the molecule is CCCN(C)C[C@H]1OCCCC[C@@H](C)Oc2ccc(NC(=O)CCCN(C)C)cc2C(=O)N([C@H](C)CO)C[C@H]1C. The van der Waals surface area contributed by atoms with Crippen LogP contribution in [-0.4, -0.2) is 110 Å². The highest BCUT2D eigenvalue weighted by Gasteiger charge is 2.30. The monoisotopic (exact) mass is 562 g/mol. The summed E-state index contributed by atoms with van der Waals surface area (Å²) in [7, 11) is 6.07. The van der Waals surface area contributed by atoms with Crippen LogP contribution in [0.5, 0.6) is 5.75 Å². The van der Waals surface area contributed by atoms with Crippen molar-refractivity contribution in [3.05, 3.63) is 23.8 Å². The minimum atomic E-state index is -0.397. The molecule has 1 heterocycles. The Labute approximate surface area is 242 Å². The van der Waals surface area contributed by atoms with Crippen molar-refractivity contribution >= 4 is 17.5 Å². The zero-order valence-corrected chi connectivity index (χ0v) is 25.9. The molecule has 9 nitrogen and oxygen atoms in total. The lowest BCUT2D eigenvalue weighted by atomic mass is 10.0. The second kappa shape index (κ2) is 17.6. The summed E-state index contributed by atoms with van der Waals surface area (Å²) in [6.45, 7) is 11.7. The summed E-state index contributed by atoms with van der Waals surface area (Å²) in [5.74, 6) is 0.230. The van der Waals surface area contributed by atoms with Crippen LogP contribution in [0, 0.1) is 5.92 Å². The number of aliphatic hydroxyl groups excluding tert-OH is 1. The summed E-state index contributed by atoms with van der Waals surface area (Å²) in [4.78, 5) is 32.8. The Kier molecular flexibility index (Phi) is 14.9. The summed E-state index contributed by atoms with van der Waals surface area (Å²) in [6, 6.07) is 4.89. The van der Waals surface area contributed by atoms with Gasteiger partial charge < -0.3 is 34.6 Å². The van der Waals surface area contributed by atoms with E-state index in [0.29, 0.717) is 36.6 Å². The lowest BCUT2D eigenvalue weighted by Crippen LogP contribution is -2.47. The van der Waals surface area contributed by atoms with Crippen molar-refractivity contribution in [1.29, 1.82) is 0 Å². The molecule has 0 bridgehead atoms. The van der Waals surface area contributed by atoms with Gasteiger partial charge in [0.25, 0.3) is 5.91 Å². The van der Waals surface area contributed by atoms with E-state index < -0.39 is 6.04 Å². The van der Waals surface area contributed by atoms with Crippen molar-refractivity contribution in [1.82, 2.24) is 14.7 Å². The molecule has 9 heteroatoms. The number of amides is 2. The molecule has 0 fully saturated rings. The molecular formula is C31H54N4O5. The number of hydrogen-bond acceptors (Lipinski definition) is 7. The van der Waals surface area contributed by atoms with Crippen molar-refractivity contribution < 1.29 is 24.2 Å². The van der Waals surface area contributed by atoms with E-state index >= 15 is 0 Å². The summed E-state index contributed by atoms with van der Waals surface area (Å²) >= 11 is 0. The number of aliphatic hydroxyl groups is 1. The number of benzene rings is 1. The Balaban J connectivity index is 2.39. The first-order valence-electron chi connectivity index (χ1n) is 15.0. The number of carbonyl (C=O) groups is 2. The van der Waals surface area contributed by atoms with E-state index in [1.807, 2.05) is 32.8 Å². The van der Waals surface area contributed by atoms with E-state index in [1.165, 1.54) is 0 Å². The third-order valence-electron chi connectivity index (χ3n) is 7.44. The predicted molar refractivity (Wildman–Crippen MR) is 161 cm³/mol. The molecule has 0 unspecified atom stereocenters. The maximum Gasteiger partial charge on any atom is 0.258 e. The third-order valence-corrected chi connectivity index (χ3v) is 7.44. The molecule has 2 rings (SSSR count). The average molecular weight is 563 g/mol. The van der Waals surface area contributed by atoms with E-state index in [1.54, 1.807) is 23.1 Å². The number of anilines is 1. The smallest absolute Gasteiger partial charge is 0.258 e. The van der Waals surface area contributed by atoms with Gasteiger partial charge in [-0.25, -0.2) is 0 Å². The van der Waals surface area contributed by atoms with Crippen LogP contribution >= 0.6 is 0 Å². The molecule has 0 aliphatic carbocycles. The number of likely N-dealkylation sites (N-methyl/N-ethyl adjacent to an activating group) is 1. The number of ether oxygens (including phenoxy) is 2. The number of nitrogens with zero attached hydrogens (tertiary/aromatic N) is 3. The minimum absolute atomic E-state index is 0.0402. The summed E-state index contributed by atoms with van der Waals surface area (Å²) in [5.41, 5.74) is 0.953. The third kappa shape index (κ3) is 11.4. The summed E-state index contributed by atoms with van der Waals surface area (Å²) < 4.78 is 12.7. The molecule has 1 aromatic carbocycles. The van der Waals surface area contributed by atoms with Gasteiger partial charge in [-0.15, -0.1) is 0 Å². The Bertz CT molecular complexity index is 912. The standard InChI is InChI=1S/C31H54N4O5/c1-8-16-34(7)21-29-23(2)20-35(24(3)22-36)31(38)27-19-26(32-30(37)13-11-17-33(5)6)14-15-28(27)40-25(4)12-9-10-18-39-29/h14-15,19,23-25,29,36H,8-13,16-18,20-22H2,1-7H3,(H,32,37)/t23-,24-,25-,29-/m1/s1. The summed E-state index contributed by atoms with van der Waals surface area (Å²) in [6.07, 6.45) is 4.83. The fourth-order valence-electron chi connectivity index (χ4n) is 5.02. The van der Waals surface area contributed by atoms with Crippen molar-refractivity contribution in [2.45, 2.75) is 84.5 Å². The van der Waals surface area contributed by atoms with Gasteiger partial charge in [0.1, 0.15) is 5.75 Å². The van der Waals surface area contributed by atoms with Crippen LogP contribution in [0.3, 0.4) is 0 Å². The maximum absolute atomic E-state index is 14.1. The van der Waals surface area contributed by atoms with E-state index in [2.05, 4.69) is 31.1 Å². The van der Waals surface area contributed by atoms with Crippen LogP contribution in [0.2, 0.25) is 0 Å². The van der Waals surface area contributed by atoms with Crippen LogP contribution in [0.25, 0.3) is 0 Å². The van der Waals surface area contributed by atoms with Gasteiger partial charge in [-0.05, 0) is 98.4 Å². The maximum atomic E-state index is 14.1. The van der Waals surface area contributed by atoms with Crippen LogP contribution < -0.4 is 10.1 Å². The van der Waals surface area contributed by atoms with Gasteiger partial charge in [-0.2, -0.15) is 0 Å². The zero-order valence-electron chi connectivity index (χ0n) is 25.9. The largest absolute Gasteiger partial charge is 0.490 e. The molecule has 1 aliphatic rings. The second-order valence-corrected chi connectivity index (χ2v) is 11.7. The predicted octanol–water partition coefficient (Wildman–Crippen LogP) is 4.10. The number of nitrogens with one attached hydrogen (secondary N) is 1. The van der Waals surface area contributed by atoms with Gasteiger partial charge in [0.05, 0.1) is 30.4 Å². The number of hydrogen-bond donors (Lipinski definition) is 2. The van der Waals surface area contributed by atoms with Gasteiger partial charge in [0.2, 0.25) is 5.91 Å². The van der Waals surface area contributed by atoms with Crippen LogP contribution in [0.4, 0.5) is 5.69 Å². The van der Waals surface area contributed by atoms with Gasteiger partial charge in [-0.1, -0.05) is 13.8 Å². The fraction of sp³-hybridized carbons (Fsp3) is 0.742. The van der Waals surface area contributed by atoms with E-state index in [-0.39, 0.29) is 36.5 Å². The summed E-state index contributed by atoms with van der Waals surface area (Å²) in [5, 5.41) is 13.1. The second-order valence-electron chi connectivity index (χ2n) is 11.7. The number of fused-ring (bicyclic) bond motifs is 1. The molecule has 0 aromatic heterocycles. The Morgan fingerprint density at radius 2 is 1.95 bits per heavy atom. The quantitative estimate of drug-likeness (QED) is 0.419.